The zero-order valence-corrected chi connectivity index (χ0v) is 10.2. The highest BCUT2D eigenvalue weighted by Gasteiger charge is 2.16. The molecule has 0 unspecified atom stereocenters. The van der Waals surface area contributed by atoms with Crippen molar-refractivity contribution in [2.45, 2.75) is 25.8 Å². The molecule has 1 aromatic rings. The molecule has 1 fully saturated rings. The van der Waals surface area contributed by atoms with Gasteiger partial charge in [-0.25, -0.2) is 0 Å². The van der Waals surface area contributed by atoms with E-state index in [0.29, 0.717) is 6.04 Å². The number of hydrogen-bond donors (Lipinski definition) is 2. The van der Waals surface area contributed by atoms with Crippen LogP contribution in [0, 0.1) is 6.92 Å². The van der Waals surface area contributed by atoms with Crippen LogP contribution in [0.25, 0.3) is 0 Å². The summed E-state index contributed by atoms with van der Waals surface area (Å²) in [7, 11) is 2.18. The maximum Gasteiger partial charge on any atom is 0.0576 e. The third kappa shape index (κ3) is 2.67. The number of nitrogens with one attached hydrogen (secondary N) is 1. The van der Waals surface area contributed by atoms with E-state index in [9.17, 15) is 0 Å². The Morgan fingerprint density at radius 2 is 2.00 bits per heavy atom. The van der Waals surface area contributed by atoms with Crippen LogP contribution in [0.15, 0.2) is 18.2 Å². The highest BCUT2D eigenvalue weighted by Crippen LogP contribution is 2.22. The zero-order chi connectivity index (χ0) is 11.5. The fourth-order valence-corrected chi connectivity index (χ4v) is 2.19. The van der Waals surface area contributed by atoms with Crippen molar-refractivity contribution in [2.24, 2.45) is 0 Å². The van der Waals surface area contributed by atoms with E-state index in [1.807, 2.05) is 6.07 Å². The van der Waals surface area contributed by atoms with E-state index in [2.05, 4.69) is 36.3 Å². The lowest BCUT2D eigenvalue weighted by molar-refractivity contribution is 0.264. The molecule has 1 heterocycles. The van der Waals surface area contributed by atoms with Gasteiger partial charge in [0.1, 0.15) is 0 Å². The summed E-state index contributed by atoms with van der Waals surface area (Å²) in [4.78, 5) is 2.37. The van der Waals surface area contributed by atoms with Gasteiger partial charge >= 0.3 is 0 Å². The quantitative estimate of drug-likeness (QED) is 0.748. The van der Waals surface area contributed by atoms with Gasteiger partial charge in [0.05, 0.1) is 11.4 Å². The summed E-state index contributed by atoms with van der Waals surface area (Å²) in [6.07, 6.45) is 2.40. The van der Waals surface area contributed by atoms with Gasteiger partial charge in [-0.15, -0.1) is 0 Å². The molecule has 1 aliphatic heterocycles. The average molecular weight is 219 g/mol. The lowest BCUT2D eigenvalue weighted by Gasteiger charge is -2.30. The predicted molar refractivity (Wildman–Crippen MR) is 69.7 cm³/mol. The number of nitrogens with zero attached hydrogens (tertiary/aromatic N) is 1. The van der Waals surface area contributed by atoms with Crippen molar-refractivity contribution in [1.82, 2.24) is 4.90 Å². The van der Waals surface area contributed by atoms with E-state index in [4.69, 9.17) is 5.73 Å². The molecule has 3 heteroatoms. The van der Waals surface area contributed by atoms with Crippen molar-refractivity contribution in [3.63, 3.8) is 0 Å². The van der Waals surface area contributed by atoms with Crippen LogP contribution >= 0.6 is 0 Å². The van der Waals surface area contributed by atoms with Gasteiger partial charge in [-0.1, -0.05) is 6.07 Å². The van der Waals surface area contributed by atoms with Crippen LogP contribution in [0.4, 0.5) is 11.4 Å². The topological polar surface area (TPSA) is 41.3 Å². The summed E-state index contributed by atoms with van der Waals surface area (Å²) in [5, 5.41) is 3.55. The molecule has 3 nitrogen and oxygen atoms in total. The van der Waals surface area contributed by atoms with Crippen molar-refractivity contribution in [3.05, 3.63) is 23.8 Å². The van der Waals surface area contributed by atoms with Crippen LogP contribution < -0.4 is 11.1 Å². The Morgan fingerprint density at radius 3 is 2.62 bits per heavy atom. The van der Waals surface area contributed by atoms with Gasteiger partial charge in [-0.05, 0) is 57.6 Å². The molecule has 0 amide bonds. The molecule has 16 heavy (non-hydrogen) atoms. The maximum atomic E-state index is 5.99. The molecule has 1 aliphatic rings. The van der Waals surface area contributed by atoms with Gasteiger partial charge < -0.3 is 16.0 Å². The van der Waals surface area contributed by atoms with E-state index in [1.54, 1.807) is 0 Å². The second-order valence-electron chi connectivity index (χ2n) is 4.81. The minimum absolute atomic E-state index is 0.571. The van der Waals surface area contributed by atoms with Crippen molar-refractivity contribution < 1.29 is 0 Å². The smallest absolute Gasteiger partial charge is 0.0576 e. The van der Waals surface area contributed by atoms with Crippen LogP contribution in [0.2, 0.25) is 0 Å². The number of rotatable bonds is 2. The maximum absolute atomic E-state index is 5.99. The summed E-state index contributed by atoms with van der Waals surface area (Å²) in [5.74, 6) is 0. The Hall–Kier alpha value is -1.22. The molecule has 0 bridgehead atoms. The fourth-order valence-electron chi connectivity index (χ4n) is 2.19. The monoisotopic (exact) mass is 219 g/mol. The van der Waals surface area contributed by atoms with Gasteiger partial charge in [0.15, 0.2) is 0 Å². The first-order valence-electron chi connectivity index (χ1n) is 5.96. The van der Waals surface area contributed by atoms with E-state index in [0.717, 1.165) is 11.4 Å². The Balaban J connectivity index is 1.98. The van der Waals surface area contributed by atoms with Crippen molar-refractivity contribution >= 4 is 11.4 Å². The number of aryl methyl sites for hydroxylation is 1. The SMILES string of the molecule is Cc1ccc(NC2CCN(C)CC2)c(N)c1. The Morgan fingerprint density at radius 1 is 1.31 bits per heavy atom. The first-order valence-corrected chi connectivity index (χ1v) is 5.96. The lowest BCUT2D eigenvalue weighted by atomic mass is 10.0. The molecule has 2 rings (SSSR count). The normalized spacial score (nSPS) is 18.6. The highest BCUT2D eigenvalue weighted by atomic mass is 15.1. The van der Waals surface area contributed by atoms with Gasteiger partial charge in [-0.2, -0.15) is 0 Å². The van der Waals surface area contributed by atoms with Crippen LogP contribution in [0.5, 0.6) is 0 Å². The van der Waals surface area contributed by atoms with Gasteiger partial charge in [0.25, 0.3) is 0 Å². The number of nitrogens with two attached hydrogens (primary N) is 1. The Bertz CT molecular complexity index is 354. The number of nitrogen functional groups attached to an aromatic ring is 1. The molecule has 0 spiro atoms. The second kappa shape index (κ2) is 4.74. The van der Waals surface area contributed by atoms with Crippen LogP contribution in [-0.2, 0) is 0 Å². The lowest BCUT2D eigenvalue weighted by Crippen LogP contribution is -2.36. The summed E-state index contributed by atoms with van der Waals surface area (Å²) in [6, 6.07) is 6.79. The number of likely N-dealkylation sites (tertiary alicyclic amines) is 1. The van der Waals surface area contributed by atoms with Gasteiger partial charge in [0.2, 0.25) is 0 Å². The first-order chi connectivity index (χ1) is 7.65. The number of anilines is 2. The summed E-state index contributed by atoms with van der Waals surface area (Å²) >= 11 is 0. The van der Waals surface area contributed by atoms with Gasteiger partial charge in [-0.3, -0.25) is 0 Å². The zero-order valence-electron chi connectivity index (χ0n) is 10.2. The fraction of sp³-hybridized carbons (Fsp3) is 0.538. The van der Waals surface area contributed by atoms with Crippen molar-refractivity contribution in [2.75, 3.05) is 31.2 Å². The Kier molecular flexibility index (Phi) is 3.34. The third-order valence-corrected chi connectivity index (χ3v) is 3.29. The molecule has 0 atom stereocenters. The third-order valence-electron chi connectivity index (χ3n) is 3.29. The number of benzene rings is 1. The van der Waals surface area contributed by atoms with Crippen LogP contribution in [0.3, 0.4) is 0 Å². The minimum Gasteiger partial charge on any atom is -0.397 e. The molecule has 0 radical (unpaired) electrons. The molecular formula is C13H21N3. The predicted octanol–water partition coefficient (Wildman–Crippen LogP) is 2.08. The van der Waals surface area contributed by atoms with E-state index < -0.39 is 0 Å². The Labute approximate surface area is 97.6 Å². The van der Waals surface area contributed by atoms with Crippen LogP contribution in [0.1, 0.15) is 18.4 Å². The molecule has 0 aromatic heterocycles. The van der Waals surface area contributed by atoms with Crippen molar-refractivity contribution in [3.8, 4) is 0 Å². The van der Waals surface area contributed by atoms with Crippen LogP contribution in [-0.4, -0.2) is 31.1 Å². The molecule has 3 N–H and O–H groups in total. The highest BCUT2D eigenvalue weighted by molar-refractivity contribution is 5.67. The molecule has 0 aliphatic carbocycles. The molecule has 1 aromatic carbocycles. The summed E-state index contributed by atoms with van der Waals surface area (Å²) < 4.78 is 0. The number of piperidine rings is 1. The molecule has 0 saturated carbocycles. The summed E-state index contributed by atoms with van der Waals surface area (Å²) in [5.41, 5.74) is 9.15. The van der Waals surface area contributed by atoms with E-state index in [1.165, 1.54) is 31.5 Å². The molecule has 1 saturated heterocycles. The molecule has 88 valence electrons. The second-order valence-corrected chi connectivity index (χ2v) is 4.81. The largest absolute Gasteiger partial charge is 0.397 e. The van der Waals surface area contributed by atoms with E-state index >= 15 is 0 Å². The summed E-state index contributed by atoms with van der Waals surface area (Å²) in [6.45, 7) is 4.41. The van der Waals surface area contributed by atoms with Crippen molar-refractivity contribution in [1.29, 1.82) is 0 Å². The standard InChI is InChI=1S/C13H21N3/c1-10-3-4-13(12(14)9-10)15-11-5-7-16(2)8-6-11/h3-4,9,11,15H,5-8,14H2,1-2H3. The number of hydrogen-bond acceptors (Lipinski definition) is 3. The first kappa shape index (κ1) is 11.3. The van der Waals surface area contributed by atoms with Gasteiger partial charge in [0, 0.05) is 6.04 Å². The van der Waals surface area contributed by atoms with E-state index in [-0.39, 0.29) is 0 Å². The molecular weight excluding hydrogens is 198 g/mol. The average Bonchev–Trinajstić information content (AvgIpc) is 2.25. The minimum atomic E-state index is 0.571.